The van der Waals surface area contributed by atoms with Crippen molar-refractivity contribution in [3.63, 3.8) is 0 Å². The van der Waals surface area contributed by atoms with Crippen molar-refractivity contribution in [2.45, 2.75) is 13.5 Å². The maximum absolute atomic E-state index is 12.4. The Labute approximate surface area is 204 Å². The molecule has 1 aliphatic heterocycles. The molecule has 4 rings (SSSR count). The molecule has 3 aromatic rings. The maximum Gasteiger partial charge on any atom is 0.323 e. The zero-order valence-corrected chi connectivity index (χ0v) is 19.7. The quantitative estimate of drug-likeness (QED) is 0.405. The van der Waals surface area contributed by atoms with E-state index in [0.29, 0.717) is 40.3 Å². The van der Waals surface area contributed by atoms with Gasteiger partial charge in [0.15, 0.2) is 11.5 Å². The smallest absolute Gasteiger partial charge is 0.323 e. The SMILES string of the molecule is CCOc1cc(/C=C2/SC(=O)N(CC(=O)O)C2=O)cc(Cl)c1OCc1cccc2ccccc12. The molecule has 9 heteroatoms. The van der Waals surface area contributed by atoms with Gasteiger partial charge in [-0.15, -0.1) is 0 Å². The largest absolute Gasteiger partial charge is 0.490 e. The summed E-state index contributed by atoms with van der Waals surface area (Å²) >= 11 is 7.20. The molecule has 0 aromatic heterocycles. The number of carboxylic acids is 1. The summed E-state index contributed by atoms with van der Waals surface area (Å²) in [6.07, 6.45) is 1.48. The van der Waals surface area contributed by atoms with Crippen LogP contribution in [0, 0.1) is 0 Å². The van der Waals surface area contributed by atoms with Gasteiger partial charge in [-0.05, 0) is 58.8 Å². The predicted octanol–water partition coefficient (Wildman–Crippen LogP) is 5.59. The second kappa shape index (κ2) is 10.2. The fourth-order valence-electron chi connectivity index (χ4n) is 3.57. The lowest BCUT2D eigenvalue weighted by Gasteiger charge is -2.15. The number of thioether (sulfide) groups is 1. The van der Waals surface area contributed by atoms with Crippen molar-refractivity contribution in [2.75, 3.05) is 13.2 Å². The van der Waals surface area contributed by atoms with Crippen molar-refractivity contribution in [1.82, 2.24) is 4.90 Å². The van der Waals surface area contributed by atoms with E-state index in [9.17, 15) is 14.4 Å². The van der Waals surface area contributed by atoms with Crippen molar-refractivity contribution in [2.24, 2.45) is 0 Å². The molecule has 1 heterocycles. The van der Waals surface area contributed by atoms with Gasteiger partial charge in [-0.3, -0.25) is 19.3 Å². The van der Waals surface area contributed by atoms with E-state index in [1.165, 1.54) is 6.08 Å². The summed E-state index contributed by atoms with van der Waals surface area (Å²) in [6, 6.07) is 17.3. The number of carbonyl (C=O) groups is 3. The molecule has 174 valence electrons. The van der Waals surface area contributed by atoms with Crippen LogP contribution >= 0.6 is 23.4 Å². The third kappa shape index (κ3) is 5.03. The van der Waals surface area contributed by atoms with Gasteiger partial charge in [-0.2, -0.15) is 0 Å². The molecule has 0 radical (unpaired) electrons. The molecule has 34 heavy (non-hydrogen) atoms. The molecule has 3 aromatic carbocycles. The number of aliphatic carboxylic acids is 1. The highest BCUT2D eigenvalue weighted by molar-refractivity contribution is 8.18. The molecule has 1 saturated heterocycles. The van der Waals surface area contributed by atoms with Crippen LogP contribution in [0.15, 0.2) is 59.5 Å². The molecule has 7 nitrogen and oxygen atoms in total. The first-order valence-corrected chi connectivity index (χ1v) is 11.6. The van der Waals surface area contributed by atoms with Gasteiger partial charge in [0.1, 0.15) is 13.2 Å². The average molecular weight is 498 g/mol. The van der Waals surface area contributed by atoms with Crippen LogP contribution in [-0.4, -0.2) is 40.3 Å². The Hall–Kier alpha value is -3.49. The van der Waals surface area contributed by atoms with E-state index in [0.717, 1.165) is 16.3 Å². The highest BCUT2D eigenvalue weighted by Crippen LogP contribution is 2.39. The summed E-state index contributed by atoms with van der Waals surface area (Å²) in [5.74, 6) is -1.17. The highest BCUT2D eigenvalue weighted by Gasteiger charge is 2.36. The summed E-state index contributed by atoms with van der Waals surface area (Å²) < 4.78 is 11.8. The Morgan fingerprint density at radius 1 is 1.12 bits per heavy atom. The summed E-state index contributed by atoms with van der Waals surface area (Å²) in [5.41, 5.74) is 1.51. The van der Waals surface area contributed by atoms with Crippen molar-refractivity contribution < 1.29 is 29.0 Å². The highest BCUT2D eigenvalue weighted by atomic mass is 35.5. The van der Waals surface area contributed by atoms with Gasteiger partial charge in [0.2, 0.25) is 0 Å². The minimum atomic E-state index is -1.27. The average Bonchev–Trinajstić information content (AvgIpc) is 3.05. The lowest BCUT2D eigenvalue weighted by molar-refractivity contribution is -0.140. The lowest BCUT2D eigenvalue weighted by atomic mass is 10.1. The molecule has 0 atom stereocenters. The first kappa shape index (κ1) is 23.7. The van der Waals surface area contributed by atoms with Crippen molar-refractivity contribution in [3.05, 3.63) is 75.7 Å². The monoisotopic (exact) mass is 497 g/mol. The van der Waals surface area contributed by atoms with E-state index >= 15 is 0 Å². The molecule has 1 fully saturated rings. The third-order valence-electron chi connectivity index (χ3n) is 5.05. The maximum atomic E-state index is 12.4. The number of nitrogens with zero attached hydrogens (tertiary/aromatic N) is 1. The second-order valence-corrected chi connectivity index (χ2v) is 8.75. The van der Waals surface area contributed by atoms with Gasteiger partial charge in [-0.1, -0.05) is 54.1 Å². The summed E-state index contributed by atoms with van der Waals surface area (Å²) in [7, 11) is 0. The lowest BCUT2D eigenvalue weighted by Crippen LogP contribution is -2.33. The number of imide groups is 1. The number of fused-ring (bicyclic) bond motifs is 1. The van der Waals surface area contributed by atoms with E-state index in [4.69, 9.17) is 26.2 Å². The van der Waals surface area contributed by atoms with Crippen LogP contribution in [-0.2, 0) is 16.2 Å². The molecular weight excluding hydrogens is 478 g/mol. The standard InChI is InChI=1S/C25H20ClNO6S/c1-2-32-20-11-15(12-21-24(30)27(13-22(28)29)25(31)34-21)10-19(26)23(20)33-14-17-8-5-7-16-6-3-4-9-18(16)17/h3-12H,2,13-14H2,1H3,(H,28,29)/b21-12+. The zero-order valence-electron chi connectivity index (χ0n) is 18.1. The predicted molar refractivity (Wildman–Crippen MR) is 131 cm³/mol. The number of hydrogen-bond donors (Lipinski definition) is 1. The second-order valence-electron chi connectivity index (χ2n) is 7.35. The molecule has 0 unspecified atom stereocenters. The van der Waals surface area contributed by atoms with Crippen LogP contribution in [0.5, 0.6) is 11.5 Å². The molecule has 0 bridgehead atoms. The van der Waals surface area contributed by atoms with E-state index in [1.54, 1.807) is 12.1 Å². The number of benzene rings is 3. The van der Waals surface area contributed by atoms with Crippen LogP contribution in [0.1, 0.15) is 18.1 Å². The third-order valence-corrected chi connectivity index (χ3v) is 6.24. The molecule has 1 aliphatic rings. The van der Waals surface area contributed by atoms with Crippen LogP contribution < -0.4 is 9.47 Å². The van der Waals surface area contributed by atoms with Gasteiger partial charge in [0, 0.05) is 0 Å². The van der Waals surface area contributed by atoms with Gasteiger partial charge in [0.05, 0.1) is 16.5 Å². The Kier molecular flexibility index (Phi) is 7.09. The van der Waals surface area contributed by atoms with E-state index in [-0.39, 0.29) is 16.5 Å². The summed E-state index contributed by atoms with van der Waals surface area (Å²) in [5, 5.41) is 10.7. The molecule has 0 saturated carbocycles. The van der Waals surface area contributed by atoms with Crippen LogP contribution in [0.4, 0.5) is 4.79 Å². The first-order valence-electron chi connectivity index (χ1n) is 10.4. The van der Waals surface area contributed by atoms with Crippen molar-refractivity contribution >= 4 is 57.3 Å². The number of halogens is 1. The van der Waals surface area contributed by atoms with Crippen LogP contribution in [0.3, 0.4) is 0 Å². The van der Waals surface area contributed by atoms with Crippen LogP contribution in [0.2, 0.25) is 5.02 Å². The van der Waals surface area contributed by atoms with E-state index in [1.807, 2.05) is 49.4 Å². The van der Waals surface area contributed by atoms with Crippen molar-refractivity contribution in [3.8, 4) is 11.5 Å². The minimum absolute atomic E-state index is 0.106. The van der Waals surface area contributed by atoms with Gasteiger partial charge < -0.3 is 14.6 Å². The fourth-order valence-corrected chi connectivity index (χ4v) is 4.68. The fraction of sp³-hybridized carbons (Fsp3) is 0.160. The Balaban J connectivity index is 1.61. The summed E-state index contributed by atoms with van der Waals surface area (Å²) in [4.78, 5) is 36.2. The molecule has 1 N–H and O–H groups in total. The Morgan fingerprint density at radius 2 is 1.88 bits per heavy atom. The van der Waals surface area contributed by atoms with Crippen LogP contribution in [0.25, 0.3) is 16.8 Å². The minimum Gasteiger partial charge on any atom is -0.490 e. The number of ether oxygens (including phenoxy) is 2. The zero-order chi connectivity index (χ0) is 24.2. The number of rotatable bonds is 8. The van der Waals surface area contributed by atoms with Gasteiger partial charge >= 0.3 is 5.97 Å². The van der Waals surface area contributed by atoms with E-state index in [2.05, 4.69) is 0 Å². The Bertz CT molecular complexity index is 1320. The van der Waals surface area contributed by atoms with Gasteiger partial charge in [0.25, 0.3) is 11.1 Å². The summed E-state index contributed by atoms with van der Waals surface area (Å²) in [6.45, 7) is 1.77. The molecular formula is C25H20ClNO6S. The number of carboxylic acid groups (broad SMARTS) is 1. The van der Waals surface area contributed by atoms with Crippen molar-refractivity contribution in [1.29, 1.82) is 0 Å². The number of carbonyl (C=O) groups excluding carboxylic acids is 2. The van der Waals surface area contributed by atoms with E-state index < -0.39 is 23.7 Å². The number of amides is 2. The first-order chi connectivity index (χ1) is 16.4. The number of hydrogen-bond acceptors (Lipinski definition) is 6. The molecule has 0 aliphatic carbocycles. The topological polar surface area (TPSA) is 93.1 Å². The molecule has 0 spiro atoms. The normalized spacial score (nSPS) is 14.8. The van der Waals surface area contributed by atoms with Gasteiger partial charge in [-0.25, -0.2) is 0 Å². The Morgan fingerprint density at radius 3 is 2.65 bits per heavy atom. The molecule has 2 amide bonds.